The molecule has 0 aliphatic rings. The summed E-state index contributed by atoms with van der Waals surface area (Å²) in [5.41, 5.74) is 2.65. The van der Waals surface area contributed by atoms with Crippen LogP contribution in [0.3, 0.4) is 0 Å². The van der Waals surface area contributed by atoms with Crippen LogP contribution in [0.1, 0.15) is 27.2 Å². The fourth-order valence-corrected chi connectivity index (χ4v) is 1.31. The average Bonchev–Trinajstić information content (AvgIpc) is 2.22. The molecule has 0 heterocycles. The molecule has 0 atom stereocenters. The fraction of sp³-hybridized carbons (Fsp3) is 0.900. The number of rotatable bonds is 6. The van der Waals surface area contributed by atoms with Crippen molar-refractivity contribution in [3.63, 3.8) is 0 Å². The fourth-order valence-electron chi connectivity index (χ4n) is 1.31. The molecular weight excluding hydrogens is 192 g/mol. The third kappa shape index (κ3) is 5.59. The summed E-state index contributed by atoms with van der Waals surface area (Å²) >= 11 is 0. The van der Waals surface area contributed by atoms with E-state index in [1.807, 2.05) is 0 Å². The third-order valence-corrected chi connectivity index (χ3v) is 2.05. The van der Waals surface area contributed by atoms with E-state index in [9.17, 15) is 0 Å². The second-order valence-electron chi connectivity index (χ2n) is 3.63. The van der Waals surface area contributed by atoms with Crippen LogP contribution in [-0.4, -0.2) is 43.7 Å². The predicted molar refractivity (Wildman–Crippen MR) is 63.6 cm³/mol. The summed E-state index contributed by atoms with van der Waals surface area (Å²) < 4.78 is 4.94. The maximum atomic E-state index is 5.46. The molecule has 0 aliphatic heterocycles. The Hall–Kier alpha value is -0.810. The van der Waals surface area contributed by atoms with E-state index in [-0.39, 0.29) is 0 Å². The van der Waals surface area contributed by atoms with Crippen LogP contribution in [0.2, 0.25) is 0 Å². The summed E-state index contributed by atoms with van der Waals surface area (Å²) in [5.74, 6) is 6.20. The van der Waals surface area contributed by atoms with E-state index in [4.69, 9.17) is 10.6 Å². The zero-order valence-electron chi connectivity index (χ0n) is 10.3. The quantitative estimate of drug-likeness (QED) is 0.224. The number of hydrogen-bond donors (Lipinski definition) is 2. The van der Waals surface area contributed by atoms with Gasteiger partial charge in [-0.15, -0.1) is 0 Å². The van der Waals surface area contributed by atoms with Crippen molar-refractivity contribution in [1.29, 1.82) is 0 Å². The first-order valence-electron chi connectivity index (χ1n) is 5.44. The van der Waals surface area contributed by atoms with Gasteiger partial charge >= 0.3 is 0 Å². The summed E-state index contributed by atoms with van der Waals surface area (Å²) in [6.45, 7) is 8.58. The summed E-state index contributed by atoms with van der Waals surface area (Å²) in [7, 11) is 1.66. The lowest BCUT2D eigenvalue weighted by molar-refractivity contribution is 0.207. The first-order chi connectivity index (χ1) is 7.17. The first kappa shape index (κ1) is 14.2. The summed E-state index contributed by atoms with van der Waals surface area (Å²) in [5, 5.41) is 0. The van der Waals surface area contributed by atoms with Gasteiger partial charge in [-0.25, -0.2) is 10.8 Å². The van der Waals surface area contributed by atoms with E-state index in [0.29, 0.717) is 19.2 Å². The van der Waals surface area contributed by atoms with Gasteiger partial charge in [0.2, 0.25) is 5.96 Å². The highest BCUT2D eigenvalue weighted by atomic mass is 16.5. The normalized spacial score (nSPS) is 12.0. The molecule has 0 unspecified atom stereocenters. The molecule has 0 fully saturated rings. The van der Waals surface area contributed by atoms with Crippen LogP contribution in [-0.2, 0) is 4.74 Å². The SMILES string of the molecule is CCCN(C(=NCCOC)NN)C(C)C. The minimum atomic E-state index is 0.391. The van der Waals surface area contributed by atoms with E-state index in [1.54, 1.807) is 7.11 Å². The number of nitrogens with two attached hydrogens (primary N) is 1. The first-order valence-corrected chi connectivity index (χ1v) is 5.44. The van der Waals surface area contributed by atoms with E-state index in [2.05, 4.69) is 36.1 Å². The topological polar surface area (TPSA) is 62.9 Å². The number of aliphatic imine (C=N–C) groups is 1. The Morgan fingerprint density at radius 1 is 1.53 bits per heavy atom. The van der Waals surface area contributed by atoms with Crippen LogP contribution in [0.15, 0.2) is 4.99 Å². The maximum Gasteiger partial charge on any atom is 0.208 e. The molecule has 5 nitrogen and oxygen atoms in total. The number of hydrogen-bond acceptors (Lipinski definition) is 3. The van der Waals surface area contributed by atoms with Gasteiger partial charge in [0.25, 0.3) is 0 Å². The Labute approximate surface area is 92.7 Å². The van der Waals surface area contributed by atoms with Crippen molar-refractivity contribution in [1.82, 2.24) is 10.3 Å². The number of ether oxygens (including phenoxy) is 1. The van der Waals surface area contributed by atoms with Gasteiger partial charge in [0.15, 0.2) is 0 Å². The molecule has 3 N–H and O–H groups in total. The molecular formula is C10H24N4O. The molecule has 0 aromatic carbocycles. The molecule has 0 radical (unpaired) electrons. The second kappa shape index (κ2) is 8.49. The van der Waals surface area contributed by atoms with Crippen molar-refractivity contribution in [2.75, 3.05) is 26.8 Å². The lowest BCUT2D eigenvalue weighted by Gasteiger charge is -2.29. The van der Waals surface area contributed by atoms with Gasteiger partial charge in [-0.2, -0.15) is 0 Å². The third-order valence-electron chi connectivity index (χ3n) is 2.05. The van der Waals surface area contributed by atoms with E-state index >= 15 is 0 Å². The highest BCUT2D eigenvalue weighted by Crippen LogP contribution is 2.00. The number of guanidine groups is 1. The van der Waals surface area contributed by atoms with E-state index < -0.39 is 0 Å². The number of nitrogens with one attached hydrogen (secondary N) is 1. The Kier molecular flexibility index (Phi) is 8.04. The highest BCUT2D eigenvalue weighted by Gasteiger charge is 2.12. The maximum absolute atomic E-state index is 5.46. The van der Waals surface area contributed by atoms with E-state index in [0.717, 1.165) is 18.9 Å². The minimum absolute atomic E-state index is 0.391. The second-order valence-corrected chi connectivity index (χ2v) is 3.63. The molecule has 0 rings (SSSR count). The predicted octanol–water partition coefficient (Wildman–Crippen LogP) is 0.573. The Balaban J connectivity index is 4.36. The highest BCUT2D eigenvalue weighted by molar-refractivity contribution is 5.79. The van der Waals surface area contributed by atoms with Crippen LogP contribution >= 0.6 is 0 Å². The smallest absolute Gasteiger partial charge is 0.208 e. The molecule has 0 saturated carbocycles. The van der Waals surface area contributed by atoms with Crippen molar-refractivity contribution in [3.05, 3.63) is 0 Å². The molecule has 15 heavy (non-hydrogen) atoms. The van der Waals surface area contributed by atoms with Crippen LogP contribution in [0, 0.1) is 0 Å². The molecule has 0 amide bonds. The Morgan fingerprint density at radius 2 is 2.20 bits per heavy atom. The van der Waals surface area contributed by atoms with Crippen molar-refractivity contribution >= 4 is 5.96 Å². The minimum Gasteiger partial charge on any atom is -0.383 e. The standard InChI is InChI=1S/C10H24N4O/c1-5-7-14(9(2)3)10(13-11)12-6-8-15-4/h9H,5-8,11H2,1-4H3,(H,12,13). The summed E-state index contributed by atoms with van der Waals surface area (Å²) in [4.78, 5) is 6.50. The Morgan fingerprint density at radius 3 is 2.60 bits per heavy atom. The zero-order chi connectivity index (χ0) is 11.7. The van der Waals surface area contributed by atoms with Gasteiger partial charge in [-0.3, -0.25) is 5.43 Å². The van der Waals surface area contributed by atoms with Crippen LogP contribution < -0.4 is 11.3 Å². The zero-order valence-corrected chi connectivity index (χ0v) is 10.3. The van der Waals surface area contributed by atoms with Gasteiger partial charge in [0, 0.05) is 19.7 Å². The average molecular weight is 216 g/mol. The molecule has 0 saturated heterocycles. The molecule has 0 bridgehead atoms. The molecule has 0 aromatic heterocycles. The van der Waals surface area contributed by atoms with Crippen molar-refractivity contribution < 1.29 is 4.74 Å². The van der Waals surface area contributed by atoms with Crippen LogP contribution in [0.25, 0.3) is 0 Å². The van der Waals surface area contributed by atoms with Crippen molar-refractivity contribution in [2.45, 2.75) is 33.2 Å². The van der Waals surface area contributed by atoms with E-state index in [1.165, 1.54) is 0 Å². The number of nitrogens with zero attached hydrogens (tertiary/aromatic N) is 2. The molecule has 5 heteroatoms. The van der Waals surface area contributed by atoms with Gasteiger partial charge in [-0.05, 0) is 20.3 Å². The summed E-state index contributed by atoms with van der Waals surface area (Å²) in [6, 6.07) is 0.391. The van der Waals surface area contributed by atoms with Crippen molar-refractivity contribution in [2.24, 2.45) is 10.8 Å². The van der Waals surface area contributed by atoms with Gasteiger partial charge in [-0.1, -0.05) is 6.92 Å². The van der Waals surface area contributed by atoms with Crippen LogP contribution in [0.4, 0.5) is 0 Å². The molecule has 0 aromatic rings. The van der Waals surface area contributed by atoms with Crippen LogP contribution in [0.5, 0.6) is 0 Å². The molecule has 0 aliphatic carbocycles. The monoisotopic (exact) mass is 216 g/mol. The summed E-state index contributed by atoms with van der Waals surface area (Å²) in [6.07, 6.45) is 1.07. The Bertz CT molecular complexity index is 182. The number of hydrazine groups is 1. The van der Waals surface area contributed by atoms with Gasteiger partial charge in [0.1, 0.15) is 0 Å². The lowest BCUT2D eigenvalue weighted by atomic mass is 10.3. The lowest BCUT2D eigenvalue weighted by Crippen LogP contribution is -2.48. The van der Waals surface area contributed by atoms with Gasteiger partial charge < -0.3 is 9.64 Å². The molecule has 90 valence electrons. The number of methoxy groups -OCH3 is 1. The van der Waals surface area contributed by atoms with Crippen molar-refractivity contribution in [3.8, 4) is 0 Å². The van der Waals surface area contributed by atoms with Gasteiger partial charge in [0.05, 0.1) is 13.2 Å². The largest absolute Gasteiger partial charge is 0.383 e. The molecule has 0 spiro atoms.